The second kappa shape index (κ2) is 6.86. The molecule has 0 spiro atoms. The number of benzene rings is 1. The first-order valence-electron chi connectivity index (χ1n) is 7.18. The van der Waals surface area contributed by atoms with Crippen molar-refractivity contribution in [2.75, 3.05) is 13.3 Å². The number of nitrogens with zero attached hydrogens (tertiary/aromatic N) is 1. The van der Waals surface area contributed by atoms with E-state index in [0.29, 0.717) is 22.8 Å². The van der Waals surface area contributed by atoms with E-state index in [1.165, 1.54) is 6.21 Å². The van der Waals surface area contributed by atoms with Gasteiger partial charge >= 0.3 is 0 Å². The predicted octanol–water partition coefficient (Wildman–Crippen LogP) is 1.20. The Labute approximate surface area is 137 Å². The highest BCUT2D eigenvalue weighted by Crippen LogP contribution is 2.32. The van der Waals surface area contributed by atoms with Crippen LogP contribution in [0.2, 0.25) is 0 Å². The highest BCUT2D eigenvalue weighted by Gasteiger charge is 2.16. The van der Waals surface area contributed by atoms with Crippen LogP contribution in [0.1, 0.15) is 21.9 Å². The van der Waals surface area contributed by atoms with Gasteiger partial charge in [0.15, 0.2) is 11.5 Å². The van der Waals surface area contributed by atoms with Crippen molar-refractivity contribution in [3.05, 3.63) is 47.4 Å². The molecule has 0 fully saturated rings. The Morgan fingerprint density at radius 2 is 2.04 bits per heavy atom. The largest absolute Gasteiger partial charge is 0.460 e. The van der Waals surface area contributed by atoms with E-state index < -0.39 is 11.8 Å². The van der Waals surface area contributed by atoms with Crippen LogP contribution in [0.5, 0.6) is 11.5 Å². The summed E-state index contributed by atoms with van der Waals surface area (Å²) in [4.78, 5) is 23.7. The number of hydrogen-bond acceptors (Lipinski definition) is 6. The molecule has 0 saturated heterocycles. The normalized spacial score (nSPS) is 12.4. The third-order valence-electron chi connectivity index (χ3n) is 3.19. The summed E-state index contributed by atoms with van der Waals surface area (Å²) in [5.41, 5.74) is 2.68. The van der Waals surface area contributed by atoms with Crippen molar-refractivity contribution in [3.63, 3.8) is 0 Å². The quantitative estimate of drug-likeness (QED) is 0.634. The second-order valence-corrected chi connectivity index (χ2v) is 4.99. The lowest BCUT2D eigenvalue weighted by Gasteiger charge is -2.05. The first-order valence-corrected chi connectivity index (χ1v) is 7.18. The number of rotatable bonds is 5. The van der Waals surface area contributed by atoms with E-state index in [0.717, 1.165) is 5.76 Å². The number of nitrogens with one attached hydrogen (secondary N) is 2. The first kappa shape index (κ1) is 15.6. The van der Waals surface area contributed by atoms with E-state index in [-0.39, 0.29) is 13.3 Å². The Morgan fingerprint density at radius 1 is 1.21 bits per heavy atom. The number of aryl methyl sites for hydroxylation is 1. The Bertz CT molecular complexity index is 797. The molecule has 124 valence electrons. The lowest BCUT2D eigenvalue weighted by Crippen LogP contribution is -2.34. The summed E-state index contributed by atoms with van der Waals surface area (Å²) in [7, 11) is 0. The zero-order chi connectivity index (χ0) is 16.9. The maximum absolute atomic E-state index is 12.0. The molecule has 2 N–H and O–H groups in total. The third-order valence-corrected chi connectivity index (χ3v) is 3.19. The molecule has 0 saturated carbocycles. The van der Waals surface area contributed by atoms with Crippen LogP contribution in [-0.2, 0) is 4.79 Å². The number of hydrogen-bond donors (Lipinski definition) is 2. The van der Waals surface area contributed by atoms with Crippen molar-refractivity contribution in [1.82, 2.24) is 10.7 Å². The van der Waals surface area contributed by atoms with E-state index in [9.17, 15) is 9.59 Å². The fraction of sp³-hybridized carbons (Fsp3) is 0.188. The summed E-state index contributed by atoms with van der Waals surface area (Å²) in [6.45, 7) is 1.74. The number of carbonyl (C=O) groups excluding carboxylic acids is 2. The second-order valence-electron chi connectivity index (χ2n) is 4.99. The van der Waals surface area contributed by atoms with E-state index in [1.807, 2.05) is 6.92 Å². The van der Waals surface area contributed by atoms with Crippen LogP contribution < -0.4 is 20.2 Å². The van der Waals surface area contributed by atoms with E-state index in [2.05, 4.69) is 15.8 Å². The van der Waals surface area contributed by atoms with Gasteiger partial charge in [0.05, 0.1) is 12.8 Å². The highest BCUT2D eigenvalue weighted by molar-refractivity contribution is 5.97. The van der Waals surface area contributed by atoms with Crippen LogP contribution >= 0.6 is 0 Å². The van der Waals surface area contributed by atoms with E-state index in [4.69, 9.17) is 13.9 Å². The molecule has 0 radical (unpaired) electrons. The summed E-state index contributed by atoms with van der Waals surface area (Å²) in [5, 5.41) is 6.24. The molecule has 1 aromatic heterocycles. The standard InChI is InChI=1S/C16H15N3O5/c1-10-2-4-12(24-10)7-18-19-15(20)8-17-16(21)11-3-5-13-14(6-11)23-9-22-13/h2-7H,8-9H2,1H3,(H,17,21)(H,19,20). The van der Waals surface area contributed by atoms with Gasteiger partial charge in [0.25, 0.3) is 11.8 Å². The van der Waals surface area contributed by atoms with Crippen LogP contribution in [0.15, 0.2) is 39.9 Å². The molecule has 0 atom stereocenters. The Morgan fingerprint density at radius 3 is 2.83 bits per heavy atom. The maximum Gasteiger partial charge on any atom is 0.259 e. The molecular weight excluding hydrogens is 314 g/mol. The summed E-state index contributed by atoms with van der Waals surface area (Å²) in [6.07, 6.45) is 1.38. The molecule has 8 nitrogen and oxygen atoms in total. The molecule has 0 aliphatic carbocycles. The van der Waals surface area contributed by atoms with E-state index >= 15 is 0 Å². The smallest absolute Gasteiger partial charge is 0.259 e. The van der Waals surface area contributed by atoms with Gasteiger partial charge in [-0.3, -0.25) is 9.59 Å². The molecule has 2 amide bonds. The maximum atomic E-state index is 12.0. The first-order chi connectivity index (χ1) is 11.6. The minimum atomic E-state index is -0.455. The number of ether oxygens (including phenoxy) is 2. The highest BCUT2D eigenvalue weighted by atomic mass is 16.7. The number of amides is 2. The number of furan rings is 1. The minimum absolute atomic E-state index is 0.135. The van der Waals surface area contributed by atoms with Gasteiger partial charge in [0, 0.05) is 5.56 Å². The molecule has 0 bridgehead atoms. The summed E-state index contributed by atoms with van der Waals surface area (Å²) >= 11 is 0. The Balaban J connectivity index is 1.47. The molecule has 1 aliphatic heterocycles. The van der Waals surface area contributed by atoms with Gasteiger partial charge in [-0.1, -0.05) is 0 Å². The number of fused-ring (bicyclic) bond motifs is 1. The molecule has 8 heteroatoms. The van der Waals surface area contributed by atoms with Crippen molar-refractivity contribution >= 4 is 18.0 Å². The van der Waals surface area contributed by atoms with Crippen LogP contribution in [0, 0.1) is 6.92 Å². The van der Waals surface area contributed by atoms with Gasteiger partial charge in [-0.05, 0) is 37.3 Å². The van der Waals surface area contributed by atoms with Gasteiger partial charge in [0.1, 0.15) is 11.5 Å². The van der Waals surface area contributed by atoms with E-state index in [1.54, 1.807) is 30.3 Å². The zero-order valence-corrected chi connectivity index (χ0v) is 12.9. The molecule has 1 aromatic carbocycles. The van der Waals surface area contributed by atoms with Gasteiger partial charge in [-0.15, -0.1) is 0 Å². The fourth-order valence-corrected chi connectivity index (χ4v) is 2.03. The SMILES string of the molecule is Cc1ccc(C=NNC(=O)CNC(=O)c2ccc3c(c2)OCO3)o1. The van der Waals surface area contributed by atoms with Crippen molar-refractivity contribution < 1.29 is 23.5 Å². The third kappa shape index (κ3) is 3.72. The molecule has 3 rings (SSSR count). The number of hydrazone groups is 1. The average Bonchev–Trinajstić information content (AvgIpc) is 3.20. The Hall–Kier alpha value is -3.29. The van der Waals surface area contributed by atoms with Crippen molar-refractivity contribution in [2.24, 2.45) is 5.10 Å². The van der Waals surface area contributed by atoms with Gasteiger partial charge in [0.2, 0.25) is 6.79 Å². The lowest BCUT2D eigenvalue weighted by atomic mass is 10.2. The topological polar surface area (TPSA) is 102 Å². The molecule has 24 heavy (non-hydrogen) atoms. The van der Waals surface area contributed by atoms with Crippen LogP contribution in [-0.4, -0.2) is 31.4 Å². The number of carbonyl (C=O) groups is 2. The van der Waals surface area contributed by atoms with Crippen molar-refractivity contribution in [2.45, 2.75) is 6.92 Å². The van der Waals surface area contributed by atoms with Gasteiger partial charge < -0.3 is 19.2 Å². The average molecular weight is 329 g/mol. The summed E-state index contributed by atoms with van der Waals surface area (Å²) in [6, 6.07) is 8.32. The van der Waals surface area contributed by atoms with Crippen molar-refractivity contribution in [3.8, 4) is 11.5 Å². The molecule has 2 heterocycles. The van der Waals surface area contributed by atoms with Gasteiger partial charge in [-0.2, -0.15) is 5.10 Å². The molecule has 2 aromatic rings. The monoisotopic (exact) mass is 329 g/mol. The molecule has 1 aliphatic rings. The van der Waals surface area contributed by atoms with Crippen LogP contribution in [0.25, 0.3) is 0 Å². The predicted molar refractivity (Wildman–Crippen MR) is 84.1 cm³/mol. The minimum Gasteiger partial charge on any atom is -0.460 e. The molecular formula is C16H15N3O5. The zero-order valence-electron chi connectivity index (χ0n) is 12.9. The van der Waals surface area contributed by atoms with Crippen molar-refractivity contribution in [1.29, 1.82) is 0 Å². The van der Waals surface area contributed by atoms with Crippen LogP contribution in [0.3, 0.4) is 0 Å². The summed E-state index contributed by atoms with van der Waals surface area (Å²) in [5.74, 6) is 1.52. The van der Waals surface area contributed by atoms with Crippen LogP contribution in [0.4, 0.5) is 0 Å². The Kier molecular flexibility index (Phi) is 4.46. The summed E-state index contributed by atoms with van der Waals surface area (Å²) < 4.78 is 15.6. The molecule has 0 unspecified atom stereocenters. The van der Waals surface area contributed by atoms with Gasteiger partial charge in [-0.25, -0.2) is 5.43 Å². The lowest BCUT2D eigenvalue weighted by molar-refractivity contribution is -0.120. The fourth-order valence-electron chi connectivity index (χ4n) is 2.03.